The van der Waals surface area contributed by atoms with E-state index in [2.05, 4.69) is 20.1 Å². The number of nitrogens with zero attached hydrogens (tertiary/aromatic N) is 4. The van der Waals surface area contributed by atoms with Gasteiger partial charge in [-0.15, -0.1) is 13.2 Å². The van der Waals surface area contributed by atoms with Crippen LogP contribution in [0.2, 0.25) is 0 Å². The van der Waals surface area contributed by atoms with Gasteiger partial charge in [0.15, 0.2) is 0 Å². The van der Waals surface area contributed by atoms with Crippen LogP contribution in [0.4, 0.5) is 13.2 Å². The molecule has 200 valence electrons. The van der Waals surface area contributed by atoms with Gasteiger partial charge in [-0.05, 0) is 51.2 Å². The van der Waals surface area contributed by atoms with Crippen molar-refractivity contribution in [3.8, 4) is 11.4 Å². The van der Waals surface area contributed by atoms with Gasteiger partial charge >= 0.3 is 6.36 Å². The highest BCUT2D eigenvalue weighted by Gasteiger charge is 2.38. The molecule has 1 aromatic carbocycles. The molecule has 2 amide bonds. The normalized spacial score (nSPS) is 21.3. The number of piperidine rings is 1. The molecule has 2 aromatic rings. The van der Waals surface area contributed by atoms with Crippen LogP contribution < -0.4 is 10.1 Å². The van der Waals surface area contributed by atoms with Crippen LogP contribution in [-0.4, -0.2) is 76.0 Å². The zero-order valence-electron chi connectivity index (χ0n) is 21.1. The number of carbonyl (C=O) groups is 2. The average Bonchev–Trinajstić information content (AvgIpc) is 3.47. The summed E-state index contributed by atoms with van der Waals surface area (Å²) in [6, 6.07) is 6.28. The number of aryl methyl sites for hydroxylation is 1. The van der Waals surface area contributed by atoms with Gasteiger partial charge in [0.2, 0.25) is 5.91 Å². The van der Waals surface area contributed by atoms with Crippen molar-refractivity contribution in [3.05, 3.63) is 41.2 Å². The van der Waals surface area contributed by atoms with Crippen LogP contribution in [0, 0.1) is 6.92 Å². The van der Waals surface area contributed by atoms with Gasteiger partial charge in [-0.2, -0.15) is 5.10 Å². The minimum absolute atomic E-state index is 0.00532. The molecule has 11 heteroatoms. The maximum Gasteiger partial charge on any atom is 0.573 e. The van der Waals surface area contributed by atoms with Gasteiger partial charge in [0.05, 0.1) is 22.6 Å². The van der Waals surface area contributed by atoms with E-state index in [1.165, 1.54) is 18.2 Å². The van der Waals surface area contributed by atoms with Crippen LogP contribution in [-0.2, 0) is 4.79 Å². The summed E-state index contributed by atoms with van der Waals surface area (Å²) in [7, 11) is 0. The minimum atomic E-state index is -4.79. The van der Waals surface area contributed by atoms with Gasteiger partial charge in [0, 0.05) is 57.2 Å². The Morgan fingerprint density at radius 2 is 1.81 bits per heavy atom. The van der Waals surface area contributed by atoms with Crippen LogP contribution in [0.3, 0.4) is 0 Å². The Balaban J connectivity index is 1.31. The first kappa shape index (κ1) is 25.6. The largest absolute Gasteiger partial charge is 0.573 e. The van der Waals surface area contributed by atoms with Crippen molar-refractivity contribution in [2.45, 2.75) is 70.3 Å². The van der Waals surface area contributed by atoms with Gasteiger partial charge in [-0.25, -0.2) is 4.68 Å². The number of nitrogens with one attached hydrogen (secondary N) is 1. The maximum atomic E-state index is 13.7. The van der Waals surface area contributed by atoms with Crippen LogP contribution in [0.25, 0.3) is 5.69 Å². The monoisotopic (exact) mass is 519 g/mol. The fourth-order valence-corrected chi connectivity index (χ4v) is 5.67. The highest BCUT2D eigenvalue weighted by molar-refractivity contribution is 5.97. The van der Waals surface area contributed by atoms with Gasteiger partial charge in [-0.3, -0.25) is 14.5 Å². The Kier molecular flexibility index (Phi) is 6.91. The Bertz CT molecular complexity index is 1170. The zero-order valence-corrected chi connectivity index (χ0v) is 21.1. The maximum absolute atomic E-state index is 13.7. The molecule has 5 rings (SSSR count). The van der Waals surface area contributed by atoms with Crippen molar-refractivity contribution in [1.29, 1.82) is 0 Å². The summed E-state index contributed by atoms with van der Waals surface area (Å²) >= 11 is 0. The van der Waals surface area contributed by atoms with Crippen LogP contribution in [0.15, 0.2) is 24.3 Å². The van der Waals surface area contributed by atoms with Gasteiger partial charge in [0.25, 0.3) is 5.91 Å². The number of amides is 2. The summed E-state index contributed by atoms with van der Waals surface area (Å²) in [5.41, 5.74) is 2.35. The molecule has 1 aromatic heterocycles. The van der Waals surface area contributed by atoms with Crippen LogP contribution >= 0.6 is 0 Å². The first-order chi connectivity index (χ1) is 17.6. The quantitative estimate of drug-likeness (QED) is 0.629. The van der Waals surface area contributed by atoms with Crippen molar-refractivity contribution in [2.75, 3.05) is 26.2 Å². The van der Waals surface area contributed by atoms with E-state index in [9.17, 15) is 22.8 Å². The average molecular weight is 520 g/mol. The lowest BCUT2D eigenvalue weighted by Gasteiger charge is -2.37. The molecule has 0 spiro atoms. The Morgan fingerprint density at radius 3 is 2.46 bits per heavy atom. The molecule has 1 aliphatic carbocycles. The van der Waals surface area contributed by atoms with Crippen LogP contribution in [0.1, 0.15) is 66.7 Å². The molecular formula is C26H32F3N5O3. The highest BCUT2D eigenvalue weighted by atomic mass is 19.4. The molecule has 3 fully saturated rings. The lowest BCUT2D eigenvalue weighted by atomic mass is 10.0. The predicted molar refractivity (Wildman–Crippen MR) is 130 cm³/mol. The molecule has 0 radical (unpaired) electrons. The molecule has 8 nitrogen and oxygen atoms in total. The molecule has 1 N–H and O–H groups in total. The van der Waals surface area contributed by atoms with Crippen molar-refractivity contribution >= 4 is 11.8 Å². The van der Waals surface area contributed by atoms with E-state index in [4.69, 9.17) is 0 Å². The number of likely N-dealkylation sites (tertiary alicyclic amines) is 2. The molecule has 2 aliphatic heterocycles. The topological polar surface area (TPSA) is 79.7 Å². The first-order valence-electron chi connectivity index (χ1n) is 12.8. The third kappa shape index (κ3) is 5.76. The Labute approximate surface area is 213 Å². The first-order valence-corrected chi connectivity index (χ1v) is 12.8. The number of rotatable bonds is 6. The van der Waals surface area contributed by atoms with Crippen molar-refractivity contribution in [1.82, 2.24) is 24.9 Å². The minimum Gasteiger partial charge on any atom is -0.406 e. The number of aromatic nitrogens is 2. The molecule has 37 heavy (non-hydrogen) atoms. The number of alkyl halides is 3. The molecule has 3 aliphatic rings. The zero-order chi connectivity index (χ0) is 26.3. The van der Waals surface area contributed by atoms with Crippen molar-refractivity contribution < 1.29 is 27.5 Å². The van der Waals surface area contributed by atoms with E-state index in [-0.39, 0.29) is 29.5 Å². The summed E-state index contributed by atoms with van der Waals surface area (Å²) in [6.07, 6.45) is -0.294. The third-order valence-corrected chi connectivity index (χ3v) is 7.46. The molecule has 0 unspecified atom stereocenters. The van der Waals surface area contributed by atoms with Gasteiger partial charge in [0.1, 0.15) is 5.75 Å². The summed E-state index contributed by atoms with van der Waals surface area (Å²) < 4.78 is 44.0. The second-order valence-electron chi connectivity index (χ2n) is 10.3. The van der Waals surface area contributed by atoms with E-state index >= 15 is 0 Å². The summed E-state index contributed by atoms with van der Waals surface area (Å²) in [6.45, 7) is 6.37. The smallest absolute Gasteiger partial charge is 0.406 e. The van der Waals surface area contributed by atoms with Crippen molar-refractivity contribution in [2.24, 2.45) is 0 Å². The summed E-state index contributed by atoms with van der Waals surface area (Å²) in [5.74, 6) is -0.240. The molecule has 2 saturated heterocycles. The second-order valence-corrected chi connectivity index (χ2v) is 10.3. The second kappa shape index (κ2) is 10.00. The van der Waals surface area contributed by atoms with Crippen LogP contribution in [0.5, 0.6) is 5.75 Å². The lowest BCUT2D eigenvalue weighted by molar-refractivity contribution is -0.274. The van der Waals surface area contributed by atoms with E-state index in [0.29, 0.717) is 36.1 Å². The molecular weight excluding hydrogens is 487 g/mol. The fraction of sp³-hybridized carbons (Fsp3) is 0.577. The van der Waals surface area contributed by atoms with Crippen molar-refractivity contribution in [3.63, 3.8) is 0 Å². The number of hydrogen-bond donors (Lipinski definition) is 1. The van der Waals surface area contributed by atoms with Gasteiger partial charge < -0.3 is 15.0 Å². The van der Waals surface area contributed by atoms with E-state index in [1.54, 1.807) is 24.6 Å². The Morgan fingerprint density at radius 1 is 1.08 bits per heavy atom. The van der Waals surface area contributed by atoms with Gasteiger partial charge in [-0.1, -0.05) is 6.07 Å². The summed E-state index contributed by atoms with van der Waals surface area (Å²) in [4.78, 5) is 29.4. The Hall–Kier alpha value is -3.08. The third-order valence-electron chi connectivity index (χ3n) is 7.46. The lowest BCUT2D eigenvalue weighted by Crippen LogP contribution is -2.47. The molecule has 1 saturated carbocycles. The molecule has 3 heterocycles. The number of halogens is 3. The van der Waals surface area contributed by atoms with E-state index in [1.807, 2.05) is 4.90 Å². The SMILES string of the molecule is CC(=O)N[C@@H]1CCN(C2CCN(C(=O)c3c(C)nn(-c4cccc(OC(F)(F)F)c4)c3C3CC3)CC2)C1. The predicted octanol–water partition coefficient (Wildman–Crippen LogP) is 3.77. The standard InChI is InChI=1S/C26H32F3N5O3/c1-16-23(25(36)32-12-9-20(10-13-32)33-11-8-19(15-33)30-17(2)35)24(18-6-7-18)34(31-16)21-4-3-5-22(14-21)37-26(27,28)29/h3-5,14,18-20H,6-13,15H2,1-2H3,(H,30,35)/t19-/m1/s1. The number of hydrogen-bond acceptors (Lipinski definition) is 5. The number of carbonyl (C=O) groups excluding carboxylic acids is 2. The van der Waals surface area contributed by atoms with E-state index < -0.39 is 6.36 Å². The fourth-order valence-electron chi connectivity index (χ4n) is 5.67. The highest BCUT2D eigenvalue weighted by Crippen LogP contribution is 2.44. The number of benzene rings is 1. The summed E-state index contributed by atoms with van der Waals surface area (Å²) in [5, 5.41) is 7.60. The molecule has 1 atom stereocenters. The number of ether oxygens (including phenoxy) is 1. The van der Waals surface area contributed by atoms with E-state index in [0.717, 1.165) is 50.9 Å². The molecule has 0 bridgehead atoms.